The van der Waals surface area contributed by atoms with Crippen LogP contribution in [0.2, 0.25) is 0 Å². The Labute approximate surface area is 99.6 Å². The summed E-state index contributed by atoms with van der Waals surface area (Å²) in [6.07, 6.45) is 0. The van der Waals surface area contributed by atoms with E-state index in [-0.39, 0.29) is 12.5 Å². The Morgan fingerprint density at radius 1 is 1.24 bits per heavy atom. The molecule has 92 valence electrons. The Kier molecular flexibility index (Phi) is 3.85. The molecule has 1 aromatic carbocycles. The Bertz CT molecular complexity index is 424. The van der Waals surface area contributed by atoms with Gasteiger partial charge in [0.05, 0.1) is 12.1 Å². The van der Waals surface area contributed by atoms with Gasteiger partial charge in [0.25, 0.3) is 5.91 Å². The van der Waals surface area contributed by atoms with Crippen LogP contribution >= 0.6 is 0 Å². The first-order valence-corrected chi connectivity index (χ1v) is 5.19. The molecule has 17 heavy (non-hydrogen) atoms. The zero-order valence-corrected chi connectivity index (χ0v) is 9.86. The summed E-state index contributed by atoms with van der Waals surface area (Å²) in [7, 11) is 0. The molecule has 1 aromatic rings. The average molecular weight is 236 g/mol. The number of hydrogen-bond donors (Lipinski definition) is 3. The predicted molar refractivity (Wildman–Crippen MR) is 63.6 cm³/mol. The number of amides is 2. The SMILES string of the molecule is CC(C)(CO)NC(=O)c1ccc(C(N)=O)cc1. The molecule has 0 aliphatic rings. The van der Waals surface area contributed by atoms with E-state index in [1.807, 2.05) is 0 Å². The maximum atomic E-state index is 11.8. The lowest BCUT2D eigenvalue weighted by molar-refractivity contribution is 0.0868. The second-order valence-corrected chi connectivity index (χ2v) is 4.44. The molecule has 2 amide bonds. The monoisotopic (exact) mass is 236 g/mol. The van der Waals surface area contributed by atoms with E-state index in [0.717, 1.165) is 0 Å². The molecule has 0 radical (unpaired) electrons. The van der Waals surface area contributed by atoms with E-state index in [9.17, 15) is 9.59 Å². The molecule has 0 spiro atoms. The van der Waals surface area contributed by atoms with Gasteiger partial charge in [-0.3, -0.25) is 9.59 Å². The summed E-state index contributed by atoms with van der Waals surface area (Å²) in [4.78, 5) is 22.6. The molecule has 0 saturated carbocycles. The third-order valence-electron chi connectivity index (χ3n) is 2.28. The van der Waals surface area contributed by atoms with Crippen LogP contribution in [0.5, 0.6) is 0 Å². The molecule has 0 aliphatic carbocycles. The second-order valence-electron chi connectivity index (χ2n) is 4.44. The molecular formula is C12H16N2O3. The van der Waals surface area contributed by atoms with Crippen LogP contribution in [0.4, 0.5) is 0 Å². The minimum absolute atomic E-state index is 0.155. The number of primary amides is 1. The van der Waals surface area contributed by atoms with Crippen molar-refractivity contribution in [1.29, 1.82) is 0 Å². The van der Waals surface area contributed by atoms with Crippen LogP contribution in [0.1, 0.15) is 34.6 Å². The standard InChI is InChI=1S/C12H16N2O3/c1-12(2,7-15)14-11(17)9-5-3-8(4-6-9)10(13)16/h3-6,15H,7H2,1-2H3,(H2,13,16)(H,14,17). The van der Waals surface area contributed by atoms with Crippen molar-refractivity contribution in [2.75, 3.05) is 6.61 Å². The second kappa shape index (κ2) is 4.97. The van der Waals surface area contributed by atoms with E-state index < -0.39 is 11.4 Å². The summed E-state index contributed by atoms with van der Waals surface area (Å²) in [5.41, 5.74) is 5.17. The average Bonchev–Trinajstić information content (AvgIpc) is 2.28. The van der Waals surface area contributed by atoms with Crippen molar-refractivity contribution in [2.45, 2.75) is 19.4 Å². The van der Waals surface area contributed by atoms with Crippen molar-refractivity contribution in [3.8, 4) is 0 Å². The van der Waals surface area contributed by atoms with E-state index >= 15 is 0 Å². The molecule has 1 rings (SSSR count). The molecule has 0 aliphatic heterocycles. The highest BCUT2D eigenvalue weighted by Gasteiger charge is 2.19. The number of nitrogens with two attached hydrogens (primary N) is 1. The topological polar surface area (TPSA) is 92.4 Å². The van der Waals surface area contributed by atoms with Gasteiger partial charge >= 0.3 is 0 Å². The van der Waals surface area contributed by atoms with E-state index in [1.54, 1.807) is 13.8 Å². The van der Waals surface area contributed by atoms with Gasteiger partial charge in [0, 0.05) is 11.1 Å². The van der Waals surface area contributed by atoms with Gasteiger partial charge in [-0.25, -0.2) is 0 Å². The number of nitrogens with one attached hydrogen (secondary N) is 1. The lowest BCUT2D eigenvalue weighted by Crippen LogP contribution is -2.46. The Morgan fingerprint density at radius 2 is 1.71 bits per heavy atom. The minimum atomic E-state index is -0.681. The molecule has 0 saturated heterocycles. The van der Waals surface area contributed by atoms with Crippen LogP contribution < -0.4 is 11.1 Å². The Hall–Kier alpha value is -1.88. The molecule has 0 heterocycles. The molecule has 0 atom stereocenters. The summed E-state index contributed by atoms with van der Waals surface area (Å²) < 4.78 is 0. The van der Waals surface area contributed by atoms with Gasteiger partial charge in [-0.1, -0.05) is 0 Å². The van der Waals surface area contributed by atoms with Gasteiger partial charge in [-0.05, 0) is 38.1 Å². The van der Waals surface area contributed by atoms with Crippen molar-refractivity contribution in [3.05, 3.63) is 35.4 Å². The number of hydrogen-bond acceptors (Lipinski definition) is 3. The number of carbonyl (C=O) groups excluding carboxylic acids is 2. The Morgan fingerprint density at radius 3 is 2.12 bits per heavy atom. The van der Waals surface area contributed by atoms with Crippen molar-refractivity contribution in [3.63, 3.8) is 0 Å². The summed E-state index contributed by atoms with van der Waals surface area (Å²) >= 11 is 0. The quantitative estimate of drug-likeness (QED) is 0.701. The van der Waals surface area contributed by atoms with Gasteiger partial charge in [0.1, 0.15) is 0 Å². The fourth-order valence-corrected chi connectivity index (χ4v) is 1.20. The van der Waals surface area contributed by atoms with Crippen molar-refractivity contribution in [1.82, 2.24) is 5.32 Å². The summed E-state index contributed by atoms with van der Waals surface area (Å²) in [6.45, 7) is 3.27. The number of benzene rings is 1. The first-order chi connectivity index (χ1) is 7.85. The first-order valence-electron chi connectivity index (χ1n) is 5.19. The summed E-state index contributed by atoms with van der Waals surface area (Å²) in [5, 5.41) is 11.7. The lowest BCUT2D eigenvalue weighted by atomic mass is 10.1. The molecule has 0 fully saturated rings. The van der Waals surface area contributed by atoms with Crippen LogP contribution in [0, 0.1) is 0 Å². The smallest absolute Gasteiger partial charge is 0.251 e. The first kappa shape index (κ1) is 13.2. The third-order valence-corrected chi connectivity index (χ3v) is 2.28. The third kappa shape index (κ3) is 3.57. The number of aliphatic hydroxyl groups is 1. The molecule has 5 nitrogen and oxygen atoms in total. The molecule has 0 aromatic heterocycles. The molecular weight excluding hydrogens is 220 g/mol. The highest BCUT2D eigenvalue weighted by molar-refractivity contribution is 5.97. The molecule has 0 bridgehead atoms. The maximum Gasteiger partial charge on any atom is 0.251 e. The van der Waals surface area contributed by atoms with Crippen LogP contribution in [-0.4, -0.2) is 29.1 Å². The zero-order chi connectivity index (χ0) is 13.1. The van der Waals surface area contributed by atoms with E-state index in [4.69, 9.17) is 10.8 Å². The maximum absolute atomic E-state index is 11.8. The summed E-state index contributed by atoms with van der Waals surface area (Å²) in [5.74, 6) is -0.840. The van der Waals surface area contributed by atoms with Crippen LogP contribution in [-0.2, 0) is 0 Å². The van der Waals surface area contributed by atoms with Gasteiger partial charge < -0.3 is 16.2 Å². The van der Waals surface area contributed by atoms with Gasteiger partial charge in [-0.2, -0.15) is 0 Å². The number of carbonyl (C=O) groups is 2. The van der Waals surface area contributed by atoms with Crippen molar-refractivity contribution >= 4 is 11.8 Å². The largest absolute Gasteiger partial charge is 0.394 e. The fraction of sp³-hybridized carbons (Fsp3) is 0.333. The van der Waals surface area contributed by atoms with Gasteiger partial charge in [0.2, 0.25) is 5.91 Å². The molecule has 0 unspecified atom stereocenters. The van der Waals surface area contributed by atoms with Crippen LogP contribution in [0.3, 0.4) is 0 Å². The van der Waals surface area contributed by atoms with E-state index in [2.05, 4.69) is 5.32 Å². The number of rotatable bonds is 4. The highest BCUT2D eigenvalue weighted by Crippen LogP contribution is 2.07. The minimum Gasteiger partial charge on any atom is -0.394 e. The zero-order valence-electron chi connectivity index (χ0n) is 9.86. The van der Waals surface area contributed by atoms with Crippen LogP contribution in [0.25, 0.3) is 0 Å². The van der Waals surface area contributed by atoms with E-state index in [0.29, 0.717) is 11.1 Å². The fourth-order valence-electron chi connectivity index (χ4n) is 1.20. The van der Waals surface area contributed by atoms with Gasteiger partial charge in [-0.15, -0.1) is 0 Å². The van der Waals surface area contributed by atoms with Crippen molar-refractivity contribution < 1.29 is 14.7 Å². The Balaban J connectivity index is 2.80. The summed E-state index contributed by atoms with van der Waals surface area (Å²) in [6, 6.07) is 6.01. The normalized spacial score (nSPS) is 11.0. The van der Waals surface area contributed by atoms with Gasteiger partial charge in [0.15, 0.2) is 0 Å². The predicted octanol–water partition coefficient (Wildman–Crippen LogP) is 0.286. The van der Waals surface area contributed by atoms with Crippen LogP contribution in [0.15, 0.2) is 24.3 Å². The molecule has 5 heteroatoms. The highest BCUT2D eigenvalue weighted by atomic mass is 16.3. The van der Waals surface area contributed by atoms with Crippen molar-refractivity contribution in [2.24, 2.45) is 5.73 Å². The lowest BCUT2D eigenvalue weighted by Gasteiger charge is -2.23. The number of aliphatic hydroxyl groups excluding tert-OH is 1. The van der Waals surface area contributed by atoms with E-state index in [1.165, 1.54) is 24.3 Å². The molecule has 4 N–H and O–H groups in total.